The standard InChI is InChI=1S/C22H31N3O2/c1-16-19-8-4-5-9-20(19)23-21(16)22(27)25-13-17(18(14-25)15-26)12-24-10-6-2-3-7-11-24/h4-5,8-9,17-18,23,26H,2-3,6-7,10-15H2,1H3/t17-,18-/m1/s1. The zero-order chi connectivity index (χ0) is 18.8. The Labute approximate surface area is 161 Å². The zero-order valence-corrected chi connectivity index (χ0v) is 16.3. The van der Waals surface area contributed by atoms with Gasteiger partial charge in [0.15, 0.2) is 0 Å². The van der Waals surface area contributed by atoms with E-state index < -0.39 is 0 Å². The lowest BCUT2D eigenvalue weighted by Crippen LogP contribution is -2.35. The van der Waals surface area contributed by atoms with Crippen molar-refractivity contribution in [2.45, 2.75) is 32.6 Å². The third kappa shape index (κ3) is 3.76. The molecule has 0 aliphatic carbocycles. The Morgan fingerprint density at radius 3 is 2.52 bits per heavy atom. The van der Waals surface area contributed by atoms with Crippen LogP contribution in [0.5, 0.6) is 0 Å². The van der Waals surface area contributed by atoms with Crippen molar-refractivity contribution in [1.82, 2.24) is 14.8 Å². The number of aromatic amines is 1. The molecule has 1 aromatic carbocycles. The third-order valence-corrected chi connectivity index (χ3v) is 6.47. The van der Waals surface area contributed by atoms with Crippen LogP contribution in [0.1, 0.15) is 41.7 Å². The molecule has 0 spiro atoms. The van der Waals surface area contributed by atoms with E-state index in [1.165, 1.54) is 25.7 Å². The quantitative estimate of drug-likeness (QED) is 0.871. The molecule has 1 aromatic heterocycles. The van der Waals surface area contributed by atoms with E-state index in [0.717, 1.165) is 42.6 Å². The van der Waals surface area contributed by atoms with Crippen LogP contribution < -0.4 is 0 Å². The van der Waals surface area contributed by atoms with Crippen molar-refractivity contribution in [1.29, 1.82) is 0 Å². The van der Waals surface area contributed by atoms with Gasteiger partial charge in [0.2, 0.25) is 0 Å². The summed E-state index contributed by atoms with van der Waals surface area (Å²) in [4.78, 5) is 21.0. The zero-order valence-electron chi connectivity index (χ0n) is 16.3. The number of nitrogens with one attached hydrogen (secondary N) is 1. The average molecular weight is 370 g/mol. The molecule has 2 N–H and O–H groups in total. The second-order valence-corrected chi connectivity index (χ2v) is 8.30. The number of nitrogens with zero attached hydrogens (tertiary/aromatic N) is 2. The summed E-state index contributed by atoms with van der Waals surface area (Å²) in [5, 5.41) is 11.0. The van der Waals surface area contributed by atoms with Crippen molar-refractivity contribution in [2.75, 3.05) is 39.3 Å². The fourth-order valence-corrected chi connectivity index (χ4v) is 4.82. The summed E-state index contributed by atoms with van der Waals surface area (Å²) in [5.41, 5.74) is 2.73. The average Bonchev–Trinajstić information content (AvgIpc) is 3.13. The minimum atomic E-state index is 0.0699. The summed E-state index contributed by atoms with van der Waals surface area (Å²) >= 11 is 0. The predicted molar refractivity (Wildman–Crippen MR) is 108 cm³/mol. The molecule has 146 valence electrons. The number of hydrogen-bond acceptors (Lipinski definition) is 3. The monoisotopic (exact) mass is 369 g/mol. The minimum absolute atomic E-state index is 0.0699. The molecule has 2 saturated heterocycles. The van der Waals surface area contributed by atoms with E-state index in [4.69, 9.17) is 0 Å². The molecule has 3 heterocycles. The first-order valence-electron chi connectivity index (χ1n) is 10.4. The Hall–Kier alpha value is -1.85. The molecule has 0 radical (unpaired) electrons. The van der Waals surface area contributed by atoms with Gasteiger partial charge in [-0.05, 0) is 50.4 Å². The van der Waals surface area contributed by atoms with Gasteiger partial charge in [0.1, 0.15) is 5.69 Å². The molecular weight excluding hydrogens is 338 g/mol. The van der Waals surface area contributed by atoms with Crippen LogP contribution >= 0.6 is 0 Å². The first-order valence-corrected chi connectivity index (χ1v) is 10.4. The van der Waals surface area contributed by atoms with Crippen LogP contribution in [0.2, 0.25) is 0 Å². The van der Waals surface area contributed by atoms with Crippen LogP contribution in [0.3, 0.4) is 0 Å². The first-order chi connectivity index (χ1) is 13.2. The highest BCUT2D eigenvalue weighted by Gasteiger charge is 2.37. The molecule has 2 fully saturated rings. The molecule has 2 aromatic rings. The third-order valence-electron chi connectivity index (χ3n) is 6.47. The van der Waals surface area contributed by atoms with Gasteiger partial charge in [0.05, 0.1) is 0 Å². The van der Waals surface area contributed by atoms with Gasteiger partial charge in [0.25, 0.3) is 5.91 Å². The fraction of sp³-hybridized carbons (Fsp3) is 0.591. The number of benzene rings is 1. The Morgan fingerprint density at radius 1 is 1.11 bits per heavy atom. The van der Waals surface area contributed by atoms with Crippen LogP contribution in [0, 0.1) is 18.8 Å². The molecule has 5 nitrogen and oxygen atoms in total. The van der Waals surface area contributed by atoms with Crippen LogP contribution in [-0.2, 0) is 0 Å². The lowest BCUT2D eigenvalue weighted by atomic mass is 9.96. The number of hydrogen-bond donors (Lipinski definition) is 2. The molecule has 27 heavy (non-hydrogen) atoms. The number of fused-ring (bicyclic) bond motifs is 1. The number of para-hydroxylation sites is 1. The van der Waals surface area contributed by atoms with E-state index >= 15 is 0 Å². The summed E-state index contributed by atoms with van der Waals surface area (Å²) in [7, 11) is 0. The first kappa shape index (κ1) is 18.5. The van der Waals surface area contributed by atoms with Gasteiger partial charge in [-0.2, -0.15) is 0 Å². The fourth-order valence-electron chi connectivity index (χ4n) is 4.82. The second-order valence-electron chi connectivity index (χ2n) is 8.30. The van der Waals surface area contributed by atoms with Crippen molar-refractivity contribution in [3.63, 3.8) is 0 Å². The molecule has 4 rings (SSSR count). The van der Waals surface area contributed by atoms with E-state index in [2.05, 4.69) is 16.0 Å². The summed E-state index contributed by atoms with van der Waals surface area (Å²) < 4.78 is 0. The van der Waals surface area contributed by atoms with Gasteiger partial charge in [-0.15, -0.1) is 0 Å². The van der Waals surface area contributed by atoms with E-state index in [1.807, 2.05) is 30.0 Å². The van der Waals surface area contributed by atoms with Crippen molar-refractivity contribution < 1.29 is 9.90 Å². The number of likely N-dealkylation sites (tertiary alicyclic amines) is 2. The number of carbonyl (C=O) groups excluding carboxylic acids is 1. The second kappa shape index (κ2) is 8.03. The molecule has 0 saturated carbocycles. The van der Waals surface area contributed by atoms with Gasteiger partial charge in [0, 0.05) is 43.1 Å². The normalized spacial score (nSPS) is 24.4. The molecule has 5 heteroatoms. The van der Waals surface area contributed by atoms with E-state index in [-0.39, 0.29) is 18.4 Å². The lowest BCUT2D eigenvalue weighted by molar-refractivity contribution is 0.0773. The highest BCUT2D eigenvalue weighted by molar-refractivity contribution is 6.01. The van der Waals surface area contributed by atoms with Crippen molar-refractivity contribution in [2.24, 2.45) is 11.8 Å². The largest absolute Gasteiger partial charge is 0.396 e. The van der Waals surface area contributed by atoms with Gasteiger partial charge < -0.3 is 19.9 Å². The topological polar surface area (TPSA) is 59.6 Å². The summed E-state index contributed by atoms with van der Waals surface area (Å²) in [6.07, 6.45) is 5.20. The number of aromatic nitrogens is 1. The van der Waals surface area contributed by atoms with E-state index in [9.17, 15) is 9.90 Å². The molecular formula is C22H31N3O2. The maximum Gasteiger partial charge on any atom is 0.270 e. The molecule has 1 amide bonds. The van der Waals surface area contributed by atoms with Gasteiger partial charge in [-0.25, -0.2) is 0 Å². The Kier molecular flexibility index (Phi) is 5.50. The van der Waals surface area contributed by atoms with Crippen molar-refractivity contribution in [3.05, 3.63) is 35.5 Å². The molecule has 2 aliphatic rings. The van der Waals surface area contributed by atoms with Crippen LogP contribution in [0.4, 0.5) is 0 Å². The molecule has 0 bridgehead atoms. The number of aliphatic hydroxyl groups is 1. The van der Waals surface area contributed by atoms with Crippen LogP contribution in [0.15, 0.2) is 24.3 Å². The Bertz CT molecular complexity index is 792. The number of aliphatic hydroxyl groups excluding tert-OH is 1. The van der Waals surface area contributed by atoms with Gasteiger partial charge in [-0.1, -0.05) is 31.0 Å². The van der Waals surface area contributed by atoms with Crippen molar-refractivity contribution in [3.8, 4) is 0 Å². The van der Waals surface area contributed by atoms with Gasteiger partial charge >= 0.3 is 0 Å². The highest BCUT2D eigenvalue weighted by atomic mass is 16.3. The molecule has 2 aliphatic heterocycles. The predicted octanol–water partition coefficient (Wildman–Crippen LogP) is 3.03. The highest BCUT2D eigenvalue weighted by Crippen LogP contribution is 2.29. The maximum atomic E-state index is 13.2. The number of rotatable bonds is 4. The summed E-state index contributed by atoms with van der Waals surface area (Å²) in [5.74, 6) is 0.615. The summed E-state index contributed by atoms with van der Waals surface area (Å²) in [6.45, 7) is 6.89. The van der Waals surface area contributed by atoms with E-state index in [0.29, 0.717) is 18.2 Å². The van der Waals surface area contributed by atoms with Crippen molar-refractivity contribution >= 4 is 16.8 Å². The molecule has 0 unspecified atom stereocenters. The van der Waals surface area contributed by atoms with E-state index in [1.54, 1.807) is 0 Å². The van der Waals surface area contributed by atoms with Crippen LogP contribution in [-0.4, -0.2) is 65.1 Å². The molecule has 2 atom stereocenters. The minimum Gasteiger partial charge on any atom is -0.396 e. The SMILES string of the molecule is Cc1c(C(=O)N2C[C@@H](CN3CCCCCC3)[C@@H](CO)C2)[nH]c2ccccc12. The lowest BCUT2D eigenvalue weighted by Gasteiger charge is -2.26. The number of amides is 1. The van der Waals surface area contributed by atoms with Gasteiger partial charge in [-0.3, -0.25) is 4.79 Å². The Morgan fingerprint density at radius 2 is 1.81 bits per heavy atom. The number of aryl methyl sites for hydroxylation is 1. The number of carbonyl (C=O) groups is 1. The summed E-state index contributed by atoms with van der Waals surface area (Å²) in [6, 6.07) is 8.07. The van der Waals surface area contributed by atoms with Crippen LogP contribution in [0.25, 0.3) is 10.9 Å². The number of H-pyrrole nitrogens is 1. The maximum absolute atomic E-state index is 13.2. The Balaban J connectivity index is 1.48. The smallest absolute Gasteiger partial charge is 0.270 e.